The zero-order valence-corrected chi connectivity index (χ0v) is 9.57. The van der Waals surface area contributed by atoms with Crippen molar-refractivity contribution < 1.29 is 13.9 Å². The third kappa shape index (κ3) is 4.07. The summed E-state index contributed by atoms with van der Waals surface area (Å²) in [4.78, 5) is 11.5. The zero-order chi connectivity index (χ0) is 12.8. The van der Waals surface area contributed by atoms with Crippen molar-refractivity contribution in [3.63, 3.8) is 0 Å². The molecule has 0 fully saturated rings. The molecular formula is C14H13FO2. The summed E-state index contributed by atoms with van der Waals surface area (Å²) in [6, 6.07) is 8.42. The maximum absolute atomic E-state index is 13.1. The fraction of sp³-hybridized carbons (Fsp3) is 0.0714. The molecular weight excluding hydrogens is 219 g/mol. The maximum Gasteiger partial charge on any atom is 0.343 e. The van der Waals surface area contributed by atoms with Gasteiger partial charge in [0.2, 0.25) is 0 Å². The predicted molar refractivity (Wildman–Crippen MR) is 65.0 cm³/mol. The molecule has 3 heteroatoms. The first kappa shape index (κ1) is 12.9. The molecule has 0 saturated heterocycles. The lowest BCUT2D eigenvalue weighted by Gasteiger charge is -2.04. The van der Waals surface area contributed by atoms with Crippen molar-refractivity contribution in [2.24, 2.45) is 0 Å². The number of carbonyl (C=O) groups is 1. The van der Waals surface area contributed by atoms with Crippen LogP contribution in [0.4, 0.5) is 4.39 Å². The molecule has 0 aliphatic carbocycles. The highest BCUT2D eigenvalue weighted by molar-refractivity contribution is 5.90. The maximum atomic E-state index is 13.1. The van der Waals surface area contributed by atoms with Crippen molar-refractivity contribution in [3.05, 3.63) is 72.3 Å². The number of halogens is 1. The van der Waals surface area contributed by atoms with Gasteiger partial charge in [0.25, 0.3) is 0 Å². The minimum absolute atomic E-state index is 0.0562. The molecule has 0 aliphatic heterocycles. The smallest absolute Gasteiger partial charge is 0.343 e. The average Bonchev–Trinajstić information content (AvgIpc) is 2.29. The fourth-order valence-electron chi connectivity index (χ4n) is 1.05. The molecule has 0 radical (unpaired) electrons. The van der Waals surface area contributed by atoms with Gasteiger partial charge in [0.05, 0.1) is 5.56 Å². The van der Waals surface area contributed by atoms with E-state index >= 15 is 0 Å². The Labute approximate surface area is 99.7 Å². The van der Waals surface area contributed by atoms with E-state index < -0.39 is 11.8 Å². The van der Waals surface area contributed by atoms with Crippen molar-refractivity contribution in [1.29, 1.82) is 0 Å². The predicted octanol–water partition coefficient (Wildman–Crippen LogP) is 3.79. The van der Waals surface area contributed by atoms with Gasteiger partial charge in [0, 0.05) is 6.08 Å². The number of allylic oxidation sites excluding steroid dienone is 3. The number of rotatable bonds is 4. The Balaban J connectivity index is 2.68. The van der Waals surface area contributed by atoms with Gasteiger partial charge in [-0.25, -0.2) is 9.18 Å². The summed E-state index contributed by atoms with van der Waals surface area (Å²) in [5.74, 6) is -1.18. The van der Waals surface area contributed by atoms with E-state index in [1.807, 2.05) is 0 Å². The van der Waals surface area contributed by atoms with Crippen LogP contribution in [0.2, 0.25) is 0 Å². The molecule has 0 aromatic heterocycles. The fourth-order valence-corrected chi connectivity index (χ4v) is 1.05. The Hall–Kier alpha value is -2.16. The van der Waals surface area contributed by atoms with Gasteiger partial charge >= 0.3 is 5.97 Å². The van der Waals surface area contributed by atoms with Crippen LogP contribution in [-0.2, 0) is 4.74 Å². The Bertz CT molecular complexity index is 472. The van der Waals surface area contributed by atoms with E-state index in [4.69, 9.17) is 4.74 Å². The number of esters is 1. The summed E-state index contributed by atoms with van der Waals surface area (Å²) in [6.07, 6.45) is 1.03. The molecule has 0 bridgehead atoms. The van der Waals surface area contributed by atoms with Crippen molar-refractivity contribution in [1.82, 2.24) is 0 Å². The topological polar surface area (TPSA) is 26.3 Å². The van der Waals surface area contributed by atoms with E-state index in [1.165, 1.54) is 6.92 Å². The van der Waals surface area contributed by atoms with E-state index in [0.717, 1.165) is 6.08 Å². The van der Waals surface area contributed by atoms with Crippen LogP contribution in [0.25, 0.3) is 0 Å². The molecule has 0 atom stereocenters. The second-order valence-electron chi connectivity index (χ2n) is 3.49. The van der Waals surface area contributed by atoms with Crippen LogP contribution in [-0.4, -0.2) is 5.97 Å². The largest absolute Gasteiger partial charge is 0.423 e. The Morgan fingerprint density at radius 1 is 1.29 bits per heavy atom. The minimum Gasteiger partial charge on any atom is -0.423 e. The number of carbonyl (C=O) groups excluding carboxylic acids is 1. The Morgan fingerprint density at radius 2 is 1.88 bits per heavy atom. The minimum atomic E-state index is -0.568. The van der Waals surface area contributed by atoms with E-state index in [1.54, 1.807) is 30.3 Å². The van der Waals surface area contributed by atoms with E-state index in [-0.39, 0.29) is 11.3 Å². The molecule has 0 saturated carbocycles. The molecule has 0 N–H and O–H groups in total. The quantitative estimate of drug-likeness (QED) is 0.448. The van der Waals surface area contributed by atoms with Crippen LogP contribution in [0.5, 0.6) is 0 Å². The molecule has 1 aromatic rings. The molecule has 0 unspecified atom stereocenters. The molecule has 0 amide bonds. The van der Waals surface area contributed by atoms with Crippen molar-refractivity contribution in [2.45, 2.75) is 6.92 Å². The first-order valence-corrected chi connectivity index (χ1v) is 5.00. The second-order valence-corrected chi connectivity index (χ2v) is 3.49. The molecule has 1 aromatic carbocycles. The zero-order valence-electron chi connectivity index (χ0n) is 9.57. The summed E-state index contributed by atoms with van der Waals surface area (Å²) in [7, 11) is 0. The van der Waals surface area contributed by atoms with Gasteiger partial charge < -0.3 is 4.74 Å². The second kappa shape index (κ2) is 5.80. The number of hydrogen-bond donors (Lipinski definition) is 0. The molecule has 88 valence electrons. The van der Waals surface area contributed by atoms with Gasteiger partial charge in [0.15, 0.2) is 0 Å². The molecule has 0 aliphatic rings. The van der Waals surface area contributed by atoms with E-state index in [0.29, 0.717) is 5.56 Å². The molecule has 1 rings (SSSR count). The van der Waals surface area contributed by atoms with Gasteiger partial charge in [-0.3, -0.25) is 0 Å². The van der Waals surface area contributed by atoms with Crippen LogP contribution in [0.1, 0.15) is 17.3 Å². The number of benzene rings is 1. The van der Waals surface area contributed by atoms with Gasteiger partial charge in [-0.2, -0.15) is 0 Å². The lowest BCUT2D eigenvalue weighted by Crippen LogP contribution is -2.03. The molecule has 0 spiro atoms. The van der Waals surface area contributed by atoms with Crippen LogP contribution >= 0.6 is 0 Å². The highest BCUT2D eigenvalue weighted by atomic mass is 19.1. The Kier molecular flexibility index (Phi) is 4.40. The van der Waals surface area contributed by atoms with Crippen LogP contribution in [0.15, 0.2) is 66.7 Å². The van der Waals surface area contributed by atoms with Gasteiger partial charge in [0.1, 0.15) is 11.6 Å². The van der Waals surface area contributed by atoms with Gasteiger partial charge in [-0.05, 0) is 24.6 Å². The lowest BCUT2D eigenvalue weighted by atomic mass is 10.2. The summed E-state index contributed by atoms with van der Waals surface area (Å²) >= 11 is 0. The SMILES string of the molecule is C=C(/C=C(/F)C(=C)C)OC(=O)c1ccccc1. The van der Waals surface area contributed by atoms with E-state index in [9.17, 15) is 9.18 Å². The average molecular weight is 232 g/mol. The summed E-state index contributed by atoms with van der Waals surface area (Å²) < 4.78 is 18.0. The normalized spacial score (nSPS) is 10.8. The van der Waals surface area contributed by atoms with Gasteiger partial charge in [-0.1, -0.05) is 31.4 Å². The summed E-state index contributed by atoms with van der Waals surface area (Å²) in [5, 5.41) is 0. The van der Waals surface area contributed by atoms with Crippen molar-refractivity contribution >= 4 is 5.97 Å². The van der Waals surface area contributed by atoms with Crippen LogP contribution in [0, 0.1) is 0 Å². The van der Waals surface area contributed by atoms with Crippen LogP contribution in [0.3, 0.4) is 0 Å². The highest BCUT2D eigenvalue weighted by Crippen LogP contribution is 2.13. The lowest BCUT2D eigenvalue weighted by molar-refractivity contribution is 0.0638. The van der Waals surface area contributed by atoms with Gasteiger partial charge in [-0.15, -0.1) is 0 Å². The number of hydrogen-bond acceptors (Lipinski definition) is 2. The third-order valence-electron chi connectivity index (χ3n) is 1.93. The van der Waals surface area contributed by atoms with Crippen molar-refractivity contribution in [2.75, 3.05) is 0 Å². The molecule has 2 nitrogen and oxygen atoms in total. The summed E-state index contributed by atoms with van der Waals surface area (Å²) in [6.45, 7) is 8.37. The summed E-state index contributed by atoms with van der Waals surface area (Å²) in [5.41, 5.74) is 0.639. The van der Waals surface area contributed by atoms with E-state index in [2.05, 4.69) is 13.2 Å². The first-order valence-electron chi connectivity index (χ1n) is 5.00. The monoisotopic (exact) mass is 232 g/mol. The Morgan fingerprint density at radius 3 is 2.41 bits per heavy atom. The first-order chi connectivity index (χ1) is 8.00. The highest BCUT2D eigenvalue weighted by Gasteiger charge is 2.07. The number of ether oxygens (including phenoxy) is 1. The van der Waals surface area contributed by atoms with Crippen molar-refractivity contribution in [3.8, 4) is 0 Å². The third-order valence-corrected chi connectivity index (χ3v) is 1.93. The van der Waals surface area contributed by atoms with Crippen LogP contribution < -0.4 is 0 Å². The molecule has 17 heavy (non-hydrogen) atoms. The standard InChI is InChI=1S/C14H13FO2/c1-10(2)13(15)9-11(3)17-14(16)12-7-5-4-6-8-12/h4-9H,1,3H2,2H3/b13-9+. The molecule has 0 heterocycles.